The molecule has 0 amide bonds. The summed E-state index contributed by atoms with van der Waals surface area (Å²) in [4.78, 5) is 16.8. The minimum absolute atomic E-state index is 0.282. The van der Waals surface area contributed by atoms with Crippen molar-refractivity contribution in [3.63, 3.8) is 0 Å². The molecular weight excluding hydrogens is 236 g/mol. The molecule has 5 heteroatoms. The van der Waals surface area contributed by atoms with Crippen LogP contribution in [0.1, 0.15) is 53.0 Å². The summed E-state index contributed by atoms with van der Waals surface area (Å²) >= 11 is 1.39. The monoisotopic (exact) mass is 254 g/mol. The summed E-state index contributed by atoms with van der Waals surface area (Å²) in [5.41, 5.74) is 6.75. The maximum Gasteiger partial charge on any atom is 0.350 e. The molecule has 0 aliphatic heterocycles. The molecule has 1 heterocycles. The molecule has 1 aromatic rings. The molecule has 1 fully saturated rings. The lowest BCUT2D eigenvalue weighted by Crippen LogP contribution is -2.32. The smallest absolute Gasteiger partial charge is 0.350 e. The first-order chi connectivity index (χ1) is 8.07. The summed E-state index contributed by atoms with van der Waals surface area (Å²) in [5.74, 6) is -0.282. The minimum Gasteiger partial charge on any atom is -0.462 e. The molecule has 0 unspecified atom stereocenters. The summed E-state index contributed by atoms with van der Waals surface area (Å²) in [7, 11) is 0. The number of nitrogens with zero attached hydrogens (tertiary/aromatic N) is 1. The quantitative estimate of drug-likeness (QED) is 0.841. The number of esters is 1. The highest BCUT2D eigenvalue weighted by Crippen LogP contribution is 2.39. The third-order valence-electron chi connectivity index (χ3n) is 3.18. The zero-order valence-corrected chi connectivity index (χ0v) is 11.1. The van der Waals surface area contributed by atoms with E-state index in [4.69, 9.17) is 10.5 Å². The van der Waals surface area contributed by atoms with Crippen LogP contribution in [-0.4, -0.2) is 17.6 Å². The van der Waals surface area contributed by atoms with E-state index in [0.29, 0.717) is 11.5 Å². The normalized spacial score (nSPS) is 18.3. The number of ether oxygens (including phenoxy) is 1. The second-order valence-electron chi connectivity index (χ2n) is 4.52. The number of carbonyl (C=O) groups excluding carboxylic acids is 1. The van der Waals surface area contributed by atoms with Gasteiger partial charge in [0.1, 0.15) is 9.88 Å². The number of hydrogen-bond donors (Lipinski definition) is 1. The molecule has 1 aliphatic rings. The van der Waals surface area contributed by atoms with Crippen LogP contribution in [0.3, 0.4) is 0 Å². The summed E-state index contributed by atoms with van der Waals surface area (Å²) in [6.07, 6.45) is 4.21. The van der Waals surface area contributed by atoms with E-state index in [-0.39, 0.29) is 11.5 Å². The Balaban J connectivity index is 2.27. The van der Waals surface area contributed by atoms with Gasteiger partial charge in [0.05, 0.1) is 17.8 Å². The van der Waals surface area contributed by atoms with Crippen LogP contribution < -0.4 is 5.73 Å². The standard InChI is InChI=1S/C12H18N2O2S/c1-3-16-10(15)9-8(2)14-11(17-9)12(13)6-4-5-7-12/h3-7,13H2,1-2H3. The lowest BCUT2D eigenvalue weighted by atomic mass is 10.0. The Morgan fingerprint density at radius 2 is 2.18 bits per heavy atom. The van der Waals surface area contributed by atoms with Crippen LogP contribution in [0.25, 0.3) is 0 Å². The molecule has 0 saturated heterocycles. The van der Waals surface area contributed by atoms with Crippen LogP contribution in [0, 0.1) is 6.92 Å². The van der Waals surface area contributed by atoms with E-state index in [9.17, 15) is 4.79 Å². The predicted octanol–water partition coefficient (Wildman–Crippen LogP) is 2.36. The molecule has 2 rings (SSSR count). The SMILES string of the molecule is CCOC(=O)c1sc(C2(N)CCCC2)nc1C. The van der Waals surface area contributed by atoms with Gasteiger partial charge in [0, 0.05) is 0 Å². The molecule has 0 aromatic carbocycles. The maximum absolute atomic E-state index is 11.7. The number of aryl methyl sites for hydroxylation is 1. The predicted molar refractivity (Wildman–Crippen MR) is 67.1 cm³/mol. The Labute approximate surface area is 105 Å². The van der Waals surface area contributed by atoms with Gasteiger partial charge in [0.25, 0.3) is 0 Å². The van der Waals surface area contributed by atoms with Crippen LogP contribution in [0.5, 0.6) is 0 Å². The van der Waals surface area contributed by atoms with Crippen molar-refractivity contribution in [2.75, 3.05) is 6.61 Å². The number of aromatic nitrogens is 1. The van der Waals surface area contributed by atoms with Gasteiger partial charge in [-0.15, -0.1) is 11.3 Å². The van der Waals surface area contributed by atoms with Crippen molar-refractivity contribution in [3.8, 4) is 0 Å². The molecule has 1 aliphatic carbocycles. The molecule has 1 saturated carbocycles. The number of nitrogens with two attached hydrogens (primary N) is 1. The first kappa shape index (κ1) is 12.5. The Bertz CT molecular complexity index is 422. The Morgan fingerprint density at radius 1 is 1.53 bits per heavy atom. The number of hydrogen-bond acceptors (Lipinski definition) is 5. The largest absolute Gasteiger partial charge is 0.462 e. The zero-order chi connectivity index (χ0) is 12.5. The van der Waals surface area contributed by atoms with Gasteiger partial charge in [-0.2, -0.15) is 0 Å². The minimum atomic E-state index is -0.319. The van der Waals surface area contributed by atoms with Gasteiger partial charge in [-0.1, -0.05) is 12.8 Å². The molecule has 2 N–H and O–H groups in total. The summed E-state index contributed by atoms with van der Waals surface area (Å²) in [6, 6.07) is 0. The average Bonchev–Trinajstić information content (AvgIpc) is 2.86. The van der Waals surface area contributed by atoms with Crippen LogP contribution in [0.15, 0.2) is 0 Å². The van der Waals surface area contributed by atoms with Crippen molar-refractivity contribution in [1.29, 1.82) is 0 Å². The van der Waals surface area contributed by atoms with Crippen molar-refractivity contribution < 1.29 is 9.53 Å². The molecule has 94 valence electrons. The third-order valence-corrected chi connectivity index (χ3v) is 4.54. The molecule has 0 atom stereocenters. The lowest BCUT2D eigenvalue weighted by molar-refractivity contribution is 0.0531. The Hall–Kier alpha value is -0.940. The van der Waals surface area contributed by atoms with Crippen LogP contribution in [0.4, 0.5) is 0 Å². The molecule has 0 bridgehead atoms. The van der Waals surface area contributed by atoms with Crippen molar-refractivity contribution in [2.45, 2.75) is 45.1 Å². The summed E-state index contributed by atoms with van der Waals surface area (Å²) < 4.78 is 5.01. The first-order valence-corrected chi connectivity index (χ1v) is 6.82. The molecular formula is C12H18N2O2S. The number of rotatable bonds is 3. The number of carbonyl (C=O) groups is 1. The van der Waals surface area contributed by atoms with Crippen LogP contribution in [-0.2, 0) is 10.3 Å². The van der Waals surface area contributed by atoms with Gasteiger partial charge in [0.2, 0.25) is 0 Å². The van der Waals surface area contributed by atoms with Gasteiger partial charge in [-0.3, -0.25) is 0 Å². The van der Waals surface area contributed by atoms with E-state index in [2.05, 4.69) is 4.98 Å². The molecule has 17 heavy (non-hydrogen) atoms. The average molecular weight is 254 g/mol. The van der Waals surface area contributed by atoms with E-state index in [1.54, 1.807) is 6.92 Å². The topological polar surface area (TPSA) is 65.2 Å². The molecule has 1 aromatic heterocycles. The molecule has 4 nitrogen and oxygen atoms in total. The summed E-state index contributed by atoms with van der Waals surface area (Å²) in [6.45, 7) is 4.03. The van der Waals surface area contributed by atoms with Gasteiger partial charge in [-0.05, 0) is 26.7 Å². The lowest BCUT2D eigenvalue weighted by Gasteiger charge is -2.19. The fourth-order valence-electron chi connectivity index (χ4n) is 2.22. The van der Waals surface area contributed by atoms with E-state index in [0.717, 1.165) is 36.4 Å². The van der Waals surface area contributed by atoms with Crippen molar-refractivity contribution in [1.82, 2.24) is 4.98 Å². The van der Waals surface area contributed by atoms with Gasteiger partial charge >= 0.3 is 5.97 Å². The second kappa shape index (κ2) is 4.74. The van der Waals surface area contributed by atoms with E-state index >= 15 is 0 Å². The highest BCUT2D eigenvalue weighted by molar-refractivity contribution is 7.13. The van der Waals surface area contributed by atoms with Crippen molar-refractivity contribution in [2.24, 2.45) is 5.73 Å². The van der Waals surface area contributed by atoms with Gasteiger partial charge in [-0.25, -0.2) is 9.78 Å². The zero-order valence-electron chi connectivity index (χ0n) is 10.3. The Morgan fingerprint density at radius 3 is 2.76 bits per heavy atom. The van der Waals surface area contributed by atoms with Crippen molar-refractivity contribution >= 4 is 17.3 Å². The Kier molecular flexibility index (Phi) is 3.49. The van der Waals surface area contributed by atoms with Gasteiger partial charge in [0.15, 0.2) is 0 Å². The highest BCUT2D eigenvalue weighted by Gasteiger charge is 2.35. The highest BCUT2D eigenvalue weighted by atomic mass is 32.1. The second-order valence-corrected chi connectivity index (χ2v) is 5.52. The molecule has 0 spiro atoms. The fraction of sp³-hybridized carbons (Fsp3) is 0.667. The molecule has 0 radical (unpaired) electrons. The van der Waals surface area contributed by atoms with E-state index < -0.39 is 0 Å². The van der Waals surface area contributed by atoms with Crippen molar-refractivity contribution in [3.05, 3.63) is 15.6 Å². The third kappa shape index (κ3) is 2.35. The van der Waals surface area contributed by atoms with Gasteiger partial charge < -0.3 is 10.5 Å². The van der Waals surface area contributed by atoms with Crippen LogP contribution in [0.2, 0.25) is 0 Å². The fourth-order valence-corrected chi connectivity index (χ4v) is 3.33. The van der Waals surface area contributed by atoms with E-state index in [1.165, 1.54) is 11.3 Å². The first-order valence-electron chi connectivity index (χ1n) is 6.01. The van der Waals surface area contributed by atoms with Crippen LogP contribution >= 0.6 is 11.3 Å². The maximum atomic E-state index is 11.7. The summed E-state index contributed by atoms with van der Waals surface area (Å²) in [5, 5.41) is 0.885. The van der Waals surface area contributed by atoms with E-state index in [1.807, 2.05) is 6.92 Å². The number of thiazole rings is 1.